The van der Waals surface area contributed by atoms with Crippen LogP contribution in [0.5, 0.6) is 0 Å². The average molecular weight is 251 g/mol. The van der Waals surface area contributed by atoms with Gasteiger partial charge in [-0.2, -0.15) is 0 Å². The maximum Gasteiger partial charge on any atom is 0.223 e. The van der Waals surface area contributed by atoms with Crippen LogP contribution in [-0.4, -0.2) is 35.1 Å². The summed E-state index contributed by atoms with van der Waals surface area (Å²) in [7, 11) is 0. The van der Waals surface area contributed by atoms with Gasteiger partial charge < -0.3 is 14.4 Å². The van der Waals surface area contributed by atoms with Crippen LogP contribution in [0.2, 0.25) is 0 Å². The summed E-state index contributed by atoms with van der Waals surface area (Å²) in [6.45, 7) is 0.505. The lowest BCUT2D eigenvalue weighted by molar-refractivity contribution is -0.134. The second-order valence-corrected chi connectivity index (χ2v) is 4.83. The molecule has 2 rings (SSSR count). The number of carbonyl (C=O) groups is 1. The number of aryl methyl sites for hydroxylation is 1. The first kappa shape index (κ1) is 13.1. The van der Waals surface area contributed by atoms with E-state index >= 15 is 0 Å². The summed E-state index contributed by atoms with van der Waals surface area (Å²) in [4.78, 5) is 14.0. The topological polar surface area (TPSA) is 53.7 Å². The lowest BCUT2D eigenvalue weighted by atomic mass is 10.1. The number of carbonyl (C=O) groups excluding carboxylic acids is 1. The lowest BCUT2D eigenvalue weighted by Gasteiger charge is -2.28. The SMILES string of the molecule is O=C(CCc1ccco1)N(CCO)C1CCCC1. The summed E-state index contributed by atoms with van der Waals surface area (Å²) in [5.41, 5.74) is 0. The van der Waals surface area contributed by atoms with Gasteiger partial charge in [0.25, 0.3) is 0 Å². The van der Waals surface area contributed by atoms with Crippen molar-refractivity contribution in [1.82, 2.24) is 4.90 Å². The minimum absolute atomic E-state index is 0.0446. The van der Waals surface area contributed by atoms with Crippen molar-refractivity contribution in [1.29, 1.82) is 0 Å². The first-order valence-corrected chi connectivity index (χ1v) is 6.74. The normalized spacial score (nSPS) is 16.1. The third-order valence-electron chi connectivity index (χ3n) is 3.59. The maximum atomic E-state index is 12.2. The molecule has 1 aliphatic carbocycles. The highest BCUT2D eigenvalue weighted by molar-refractivity contribution is 5.76. The quantitative estimate of drug-likeness (QED) is 0.841. The summed E-state index contributed by atoms with van der Waals surface area (Å²) in [5.74, 6) is 0.978. The predicted molar refractivity (Wildman–Crippen MR) is 68.1 cm³/mol. The van der Waals surface area contributed by atoms with Gasteiger partial charge in [0.05, 0.1) is 12.9 Å². The Kier molecular flexibility index (Phi) is 4.81. The molecule has 0 atom stereocenters. The first-order chi connectivity index (χ1) is 8.81. The fourth-order valence-corrected chi connectivity index (χ4v) is 2.66. The van der Waals surface area contributed by atoms with Gasteiger partial charge in [0, 0.05) is 25.4 Å². The predicted octanol–water partition coefficient (Wildman–Crippen LogP) is 1.98. The maximum absolute atomic E-state index is 12.2. The molecule has 1 amide bonds. The number of hydrogen-bond acceptors (Lipinski definition) is 3. The Morgan fingerprint density at radius 2 is 2.22 bits per heavy atom. The van der Waals surface area contributed by atoms with Crippen LogP contribution in [0.15, 0.2) is 22.8 Å². The highest BCUT2D eigenvalue weighted by Crippen LogP contribution is 2.24. The van der Waals surface area contributed by atoms with Gasteiger partial charge >= 0.3 is 0 Å². The molecule has 1 saturated carbocycles. The van der Waals surface area contributed by atoms with E-state index in [1.165, 1.54) is 12.8 Å². The molecule has 1 N–H and O–H groups in total. The first-order valence-electron chi connectivity index (χ1n) is 6.74. The van der Waals surface area contributed by atoms with Crippen LogP contribution in [0.3, 0.4) is 0 Å². The average Bonchev–Trinajstić information content (AvgIpc) is 3.05. The number of aliphatic hydroxyl groups excluding tert-OH is 1. The van der Waals surface area contributed by atoms with E-state index in [0.717, 1.165) is 18.6 Å². The van der Waals surface area contributed by atoms with Gasteiger partial charge in [0.2, 0.25) is 5.91 Å². The van der Waals surface area contributed by atoms with Crippen molar-refractivity contribution in [3.63, 3.8) is 0 Å². The monoisotopic (exact) mass is 251 g/mol. The fraction of sp³-hybridized carbons (Fsp3) is 0.643. The highest BCUT2D eigenvalue weighted by Gasteiger charge is 2.25. The van der Waals surface area contributed by atoms with Gasteiger partial charge in [0.15, 0.2) is 0 Å². The molecule has 1 aromatic rings. The Labute approximate surface area is 108 Å². The van der Waals surface area contributed by atoms with Gasteiger partial charge in [-0.25, -0.2) is 0 Å². The van der Waals surface area contributed by atoms with E-state index in [4.69, 9.17) is 9.52 Å². The molecule has 1 aromatic heterocycles. The Morgan fingerprint density at radius 1 is 1.44 bits per heavy atom. The molecular formula is C14H21NO3. The van der Waals surface area contributed by atoms with E-state index in [0.29, 0.717) is 25.4 Å². The second kappa shape index (κ2) is 6.59. The molecule has 4 nitrogen and oxygen atoms in total. The molecule has 0 radical (unpaired) electrons. The standard InChI is InChI=1S/C14H21NO3/c16-10-9-15(12-4-1-2-5-12)14(17)8-7-13-6-3-11-18-13/h3,6,11-12,16H,1-2,4-5,7-10H2. The molecule has 18 heavy (non-hydrogen) atoms. The van der Waals surface area contributed by atoms with E-state index in [1.54, 1.807) is 6.26 Å². The van der Waals surface area contributed by atoms with Crippen molar-refractivity contribution in [3.05, 3.63) is 24.2 Å². The van der Waals surface area contributed by atoms with Crippen LogP contribution in [0.25, 0.3) is 0 Å². The summed E-state index contributed by atoms with van der Waals surface area (Å²) in [6, 6.07) is 4.06. The van der Waals surface area contributed by atoms with Crippen molar-refractivity contribution in [2.45, 2.75) is 44.6 Å². The Morgan fingerprint density at radius 3 is 2.83 bits per heavy atom. The summed E-state index contributed by atoms with van der Waals surface area (Å²) < 4.78 is 5.23. The van der Waals surface area contributed by atoms with E-state index in [9.17, 15) is 4.79 Å². The zero-order chi connectivity index (χ0) is 12.8. The van der Waals surface area contributed by atoms with Crippen molar-refractivity contribution in [3.8, 4) is 0 Å². The highest BCUT2D eigenvalue weighted by atomic mass is 16.3. The van der Waals surface area contributed by atoms with Gasteiger partial charge in [-0.1, -0.05) is 12.8 Å². The zero-order valence-corrected chi connectivity index (χ0v) is 10.7. The molecule has 0 saturated heterocycles. The van der Waals surface area contributed by atoms with Gasteiger partial charge in [0.1, 0.15) is 5.76 Å². The van der Waals surface area contributed by atoms with E-state index in [1.807, 2.05) is 17.0 Å². The molecule has 0 aliphatic heterocycles. The van der Waals surface area contributed by atoms with Crippen molar-refractivity contribution in [2.75, 3.05) is 13.2 Å². The van der Waals surface area contributed by atoms with Gasteiger partial charge in [-0.05, 0) is 25.0 Å². The third-order valence-corrected chi connectivity index (χ3v) is 3.59. The number of amides is 1. The van der Waals surface area contributed by atoms with E-state index in [2.05, 4.69) is 0 Å². The number of furan rings is 1. The summed E-state index contributed by atoms with van der Waals surface area (Å²) in [6.07, 6.45) is 7.27. The smallest absolute Gasteiger partial charge is 0.223 e. The molecule has 100 valence electrons. The van der Waals surface area contributed by atoms with Crippen molar-refractivity contribution in [2.24, 2.45) is 0 Å². The minimum Gasteiger partial charge on any atom is -0.469 e. The lowest BCUT2D eigenvalue weighted by Crippen LogP contribution is -2.40. The largest absolute Gasteiger partial charge is 0.469 e. The molecule has 0 unspecified atom stereocenters. The molecule has 1 aliphatic rings. The van der Waals surface area contributed by atoms with E-state index < -0.39 is 0 Å². The van der Waals surface area contributed by atoms with Crippen molar-refractivity contribution < 1.29 is 14.3 Å². The van der Waals surface area contributed by atoms with Crippen LogP contribution in [0.1, 0.15) is 37.9 Å². The number of aliphatic hydroxyl groups is 1. The minimum atomic E-state index is 0.0446. The van der Waals surface area contributed by atoms with Gasteiger partial charge in [-0.15, -0.1) is 0 Å². The van der Waals surface area contributed by atoms with Crippen molar-refractivity contribution >= 4 is 5.91 Å². The van der Waals surface area contributed by atoms with Crippen LogP contribution in [0, 0.1) is 0 Å². The molecule has 0 bridgehead atoms. The Hall–Kier alpha value is -1.29. The summed E-state index contributed by atoms with van der Waals surface area (Å²) in [5, 5.41) is 9.09. The number of hydrogen-bond donors (Lipinski definition) is 1. The molecule has 0 spiro atoms. The third kappa shape index (κ3) is 3.35. The van der Waals surface area contributed by atoms with Gasteiger partial charge in [-0.3, -0.25) is 4.79 Å². The second-order valence-electron chi connectivity index (χ2n) is 4.83. The summed E-state index contributed by atoms with van der Waals surface area (Å²) >= 11 is 0. The van der Waals surface area contributed by atoms with Crippen LogP contribution >= 0.6 is 0 Å². The van der Waals surface area contributed by atoms with Crippen LogP contribution in [0.4, 0.5) is 0 Å². The Balaban J connectivity index is 1.86. The molecule has 1 fully saturated rings. The molecule has 4 heteroatoms. The molecule has 1 heterocycles. The number of nitrogens with zero attached hydrogens (tertiary/aromatic N) is 1. The molecule has 0 aromatic carbocycles. The fourth-order valence-electron chi connectivity index (χ4n) is 2.66. The zero-order valence-electron chi connectivity index (χ0n) is 10.7. The van der Waals surface area contributed by atoms with Crippen LogP contribution in [-0.2, 0) is 11.2 Å². The Bertz CT molecular complexity index is 355. The van der Waals surface area contributed by atoms with Crippen LogP contribution < -0.4 is 0 Å². The molecular weight excluding hydrogens is 230 g/mol. The van der Waals surface area contributed by atoms with E-state index in [-0.39, 0.29) is 12.5 Å². The number of rotatable bonds is 6.